The van der Waals surface area contributed by atoms with Crippen LogP contribution < -0.4 is 0 Å². The van der Waals surface area contributed by atoms with E-state index < -0.39 is 17.1 Å². The van der Waals surface area contributed by atoms with Gasteiger partial charge in [0, 0.05) is 0 Å². The fourth-order valence-electron chi connectivity index (χ4n) is 7.24. The molecule has 0 fully saturated rings. The van der Waals surface area contributed by atoms with Crippen LogP contribution >= 0.6 is 24.8 Å². The molecule has 0 bridgehead atoms. The molecule has 0 amide bonds. The summed E-state index contributed by atoms with van der Waals surface area (Å²) in [7, 11) is 0. The molecule has 4 rings (SSSR count). The number of halogens is 2. The van der Waals surface area contributed by atoms with Gasteiger partial charge in [0.1, 0.15) is 0 Å². The quantitative estimate of drug-likeness (QED) is 0.263. The minimum atomic E-state index is -3.57. The van der Waals surface area contributed by atoms with Crippen molar-refractivity contribution >= 4 is 42.9 Å². The minimum absolute atomic E-state index is 0. The zero-order valence-electron chi connectivity index (χ0n) is 23.4. The molecular weight excluding hydrogens is 662 g/mol. The summed E-state index contributed by atoms with van der Waals surface area (Å²) in [6.07, 6.45) is 7.30. The summed E-state index contributed by atoms with van der Waals surface area (Å²) in [5.41, 5.74) is 11.7. The summed E-state index contributed by atoms with van der Waals surface area (Å²) in [5.74, 6) is 1.03. The van der Waals surface area contributed by atoms with Crippen LogP contribution in [0.15, 0.2) is 78.5 Å². The summed E-state index contributed by atoms with van der Waals surface area (Å²) in [6.45, 7) is 16.6. The molecule has 0 radical (unpaired) electrons. The molecule has 36 heavy (non-hydrogen) atoms. The summed E-state index contributed by atoms with van der Waals surface area (Å²) in [6, 6.07) is 18.4. The first-order valence-corrected chi connectivity index (χ1v) is 32.2. The fourth-order valence-corrected chi connectivity index (χ4v) is 38.6. The van der Waals surface area contributed by atoms with Crippen LogP contribution in [-0.2, 0) is 30.0 Å². The maximum atomic E-state index is 2.71. The monoisotopic (exact) mass is 706 g/mol. The first kappa shape index (κ1) is 31.3. The fraction of sp³-hybridized carbons (Fsp3) is 0.375. The molecule has 0 saturated carbocycles. The molecule has 4 heteroatoms. The molecule has 2 aromatic carbocycles. The molecule has 194 valence electrons. The SMILES string of the molecule is CCc1cccc(C2=CC(C)[C]([Hf]([CH3])([CH3])(=[SiH2])[C]3=C(C)C(c4cccc(CC)c4)=CC3C)=C2C)c1.Cl.Cl. The maximum absolute atomic E-state index is 3.57. The Morgan fingerprint density at radius 2 is 1.06 bits per heavy atom. The first-order valence-electron chi connectivity index (χ1n) is 13.1. The van der Waals surface area contributed by atoms with Crippen LogP contribution in [0, 0.1) is 11.8 Å². The maximum Gasteiger partial charge on any atom is -0.147 e. The smallest absolute Gasteiger partial charge is 0.147 e. The topological polar surface area (TPSA) is 0 Å². The van der Waals surface area contributed by atoms with Gasteiger partial charge in [-0.05, 0) is 0 Å². The summed E-state index contributed by atoms with van der Waals surface area (Å²) < 4.78 is 9.01. The van der Waals surface area contributed by atoms with Crippen molar-refractivity contribution in [3.05, 3.63) is 101 Å². The van der Waals surface area contributed by atoms with Crippen LogP contribution in [0.5, 0.6) is 0 Å². The van der Waals surface area contributed by atoms with E-state index in [-0.39, 0.29) is 24.8 Å². The third-order valence-electron chi connectivity index (χ3n) is 8.38. The molecule has 0 saturated heterocycles. The number of aryl methyl sites for hydroxylation is 2. The number of hydrogen-bond acceptors (Lipinski definition) is 0. The van der Waals surface area contributed by atoms with Crippen molar-refractivity contribution in [3.8, 4) is 0 Å². The number of allylic oxidation sites excluding steroid dienone is 8. The predicted octanol–water partition coefficient (Wildman–Crippen LogP) is 9.30. The van der Waals surface area contributed by atoms with Crippen LogP contribution in [-0.4, -0.2) is 6.94 Å². The molecule has 0 aromatic heterocycles. The van der Waals surface area contributed by atoms with E-state index in [0.29, 0.717) is 11.8 Å². The van der Waals surface area contributed by atoms with E-state index in [1.165, 1.54) is 33.4 Å². The largest absolute Gasteiger partial charge is 0.147 e. The van der Waals surface area contributed by atoms with E-state index in [1.807, 2.05) is 0 Å². The molecule has 2 aliphatic rings. The van der Waals surface area contributed by atoms with Crippen molar-refractivity contribution in [2.75, 3.05) is 0 Å². The summed E-state index contributed by atoms with van der Waals surface area (Å²) in [4.78, 5) is 0. The Balaban J connectivity index is 0.00000228. The van der Waals surface area contributed by atoms with Crippen molar-refractivity contribution in [1.82, 2.24) is 0 Å². The molecular formula is C32H44Cl2HfSi. The molecule has 0 N–H and O–H groups in total. The second-order valence-electron chi connectivity index (χ2n) is 11.6. The zero-order chi connectivity index (χ0) is 24.9. The third-order valence-corrected chi connectivity index (χ3v) is 33.0. The van der Waals surface area contributed by atoms with Crippen LogP contribution in [0.3, 0.4) is 0 Å². The van der Waals surface area contributed by atoms with Gasteiger partial charge in [-0.25, -0.2) is 0 Å². The van der Waals surface area contributed by atoms with Crippen LogP contribution in [0.4, 0.5) is 0 Å². The second-order valence-corrected chi connectivity index (χ2v) is 52.1. The summed E-state index contributed by atoms with van der Waals surface area (Å²) >= 11 is -3.57. The van der Waals surface area contributed by atoms with Crippen molar-refractivity contribution in [3.63, 3.8) is 0 Å². The molecule has 0 nitrogen and oxygen atoms in total. The van der Waals surface area contributed by atoms with E-state index in [4.69, 9.17) is 0 Å². The Kier molecular flexibility index (Phi) is 9.94. The Bertz CT molecular complexity index is 1250. The van der Waals surface area contributed by atoms with Gasteiger partial charge in [0.15, 0.2) is 0 Å². The van der Waals surface area contributed by atoms with E-state index >= 15 is 0 Å². The molecule has 2 aromatic rings. The van der Waals surface area contributed by atoms with Gasteiger partial charge in [-0.2, -0.15) is 0 Å². The van der Waals surface area contributed by atoms with Gasteiger partial charge in [-0.1, -0.05) is 0 Å². The molecule has 0 aliphatic heterocycles. The van der Waals surface area contributed by atoms with Crippen LogP contribution in [0.1, 0.15) is 63.8 Å². The second kappa shape index (κ2) is 11.4. The van der Waals surface area contributed by atoms with E-state index in [0.717, 1.165) is 12.8 Å². The van der Waals surface area contributed by atoms with E-state index in [9.17, 15) is 0 Å². The minimum Gasteiger partial charge on any atom is -0.147 e. The number of benzene rings is 2. The van der Waals surface area contributed by atoms with Crippen molar-refractivity contribution in [2.45, 2.75) is 63.7 Å². The van der Waals surface area contributed by atoms with E-state index in [2.05, 4.69) is 119 Å². The standard InChI is InChI=1S/2C15H17.2CH3.2ClH.Hf.H2Si/c2*1-4-13-6-5-7-14(10-13)15-9-11(2)8-12(15)3;;;;;;/h2*5-7,9-11H,4H2,1-3H3;2*1H3;2*1H;;1H2. The van der Waals surface area contributed by atoms with Crippen LogP contribution in [0.25, 0.3) is 11.1 Å². The van der Waals surface area contributed by atoms with Gasteiger partial charge in [-0.3, -0.25) is 0 Å². The van der Waals surface area contributed by atoms with Gasteiger partial charge in [0.25, 0.3) is 0 Å². The molecule has 0 spiro atoms. The normalized spacial score (nSPS) is 20.1. The van der Waals surface area contributed by atoms with E-state index in [1.54, 1.807) is 17.8 Å². The molecule has 2 unspecified atom stereocenters. The van der Waals surface area contributed by atoms with Crippen molar-refractivity contribution in [1.29, 1.82) is 0 Å². The molecule has 2 aliphatic carbocycles. The zero-order valence-corrected chi connectivity index (χ0v) is 30.0. The van der Waals surface area contributed by atoms with Gasteiger partial charge in [-0.15, -0.1) is 24.8 Å². The molecule has 0 heterocycles. The Morgan fingerprint density at radius 3 is 1.39 bits per heavy atom. The van der Waals surface area contributed by atoms with Gasteiger partial charge in [0.05, 0.1) is 0 Å². The van der Waals surface area contributed by atoms with Crippen LogP contribution in [0.2, 0.25) is 9.36 Å². The Labute approximate surface area is 234 Å². The van der Waals surface area contributed by atoms with Gasteiger partial charge < -0.3 is 0 Å². The van der Waals surface area contributed by atoms with Crippen molar-refractivity contribution in [2.24, 2.45) is 11.8 Å². The molecule has 2 atom stereocenters. The average molecular weight is 706 g/mol. The number of rotatable bonds is 6. The Morgan fingerprint density at radius 1 is 0.694 bits per heavy atom. The predicted molar refractivity (Wildman–Crippen MR) is 166 cm³/mol. The first-order chi connectivity index (χ1) is 16.0. The van der Waals surface area contributed by atoms with Gasteiger partial charge in [0.2, 0.25) is 0 Å². The third kappa shape index (κ3) is 5.44. The summed E-state index contributed by atoms with van der Waals surface area (Å²) in [5, 5.41) is 0. The van der Waals surface area contributed by atoms with Gasteiger partial charge >= 0.3 is 212 Å². The van der Waals surface area contributed by atoms with Crippen molar-refractivity contribution < 1.29 is 17.1 Å². The number of hydrogen-bond donors (Lipinski definition) is 0. The Hall–Kier alpha value is -0.933. The average Bonchev–Trinajstić information content (AvgIpc) is 3.29.